The number of nitrogens with one attached hydrogen (secondary N) is 5. The number of carbonyl (C=O) groups excluding carboxylic acids is 4. The monoisotopic (exact) mass is 625 g/mol. The van der Waals surface area contributed by atoms with Crippen molar-refractivity contribution < 1.29 is 29.1 Å². The lowest BCUT2D eigenvalue weighted by molar-refractivity contribution is -0.142. The maximum Gasteiger partial charge on any atom is 0.326 e. The smallest absolute Gasteiger partial charge is 0.326 e. The lowest BCUT2D eigenvalue weighted by Gasteiger charge is -2.29. The highest BCUT2D eigenvalue weighted by Gasteiger charge is 2.34. The molecule has 12 N–H and O–H groups in total. The Morgan fingerprint density at radius 1 is 0.886 bits per heavy atom. The zero-order valence-electron chi connectivity index (χ0n) is 26.7. The SMILES string of the molecule is CC[C@H](C)[C@H](NC(=O)[C@@H]1CCCN1)C(=O)N[C@@H](CC(C)C)C(=O)N[C@@H](CCCCN)C(=O)N[C@@H](CCCN=C(N)N)C(=O)O. The van der Waals surface area contributed by atoms with Crippen molar-refractivity contribution in [2.45, 2.75) is 116 Å². The van der Waals surface area contributed by atoms with Gasteiger partial charge in [0, 0.05) is 6.54 Å². The molecule has 15 heteroatoms. The van der Waals surface area contributed by atoms with Crippen LogP contribution in [0.15, 0.2) is 4.99 Å². The number of nitrogens with zero attached hydrogens (tertiary/aromatic N) is 1. The molecular formula is C29H55N9O6. The molecule has 0 aromatic heterocycles. The number of rotatable bonds is 21. The fourth-order valence-corrected chi connectivity index (χ4v) is 4.90. The molecule has 1 heterocycles. The van der Waals surface area contributed by atoms with Crippen LogP contribution in [-0.2, 0) is 24.0 Å². The van der Waals surface area contributed by atoms with Gasteiger partial charge < -0.3 is 48.9 Å². The lowest BCUT2D eigenvalue weighted by Crippen LogP contribution is -2.59. The van der Waals surface area contributed by atoms with Crippen LogP contribution in [0, 0.1) is 11.8 Å². The van der Waals surface area contributed by atoms with Crippen LogP contribution in [0.4, 0.5) is 0 Å². The van der Waals surface area contributed by atoms with E-state index in [1.54, 1.807) is 0 Å². The summed E-state index contributed by atoms with van der Waals surface area (Å²) >= 11 is 0. The largest absolute Gasteiger partial charge is 0.480 e. The van der Waals surface area contributed by atoms with Crippen molar-refractivity contribution in [2.24, 2.45) is 34.0 Å². The number of carbonyl (C=O) groups is 5. The van der Waals surface area contributed by atoms with Gasteiger partial charge in [0.15, 0.2) is 5.96 Å². The molecule has 0 aromatic rings. The second-order valence-electron chi connectivity index (χ2n) is 11.9. The molecular weight excluding hydrogens is 570 g/mol. The first-order chi connectivity index (χ1) is 20.8. The Morgan fingerprint density at radius 2 is 1.50 bits per heavy atom. The van der Waals surface area contributed by atoms with Gasteiger partial charge in [0.05, 0.1) is 6.04 Å². The normalized spacial score (nSPS) is 17.9. The number of hydrogen-bond acceptors (Lipinski definition) is 8. The van der Waals surface area contributed by atoms with Crippen molar-refractivity contribution in [1.29, 1.82) is 0 Å². The fraction of sp³-hybridized carbons (Fsp3) is 0.793. The maximum atomic E-state index is 13.6. The van der Waals surface area contributed by atoms with Crippen molar-refractivity contribution >= 4 is 35.6 Å². The summed E-state index contributed by atoms with van der Waals surface area (Å²) in [5.41, 5.74) is 16.2. The molecule has 0 bridgehead atoms. The Morgan fingerprint density at radius 3 is 2.05 bits per heavy atom. The Hall–Kier alpha value is -3.46. The standard InChI is InChI=1S/C29H55N9O6/c1-5-18(4)23(38-24(39)19-11-8-14-33-19)27(42)37-22(16-17(2)3)26(41)35-20(10-6-7-13-30)25(40)36-21(28(43)44)12-9-15-34-29(31)32/h17-23,33H,5-16,30H2,1-4H3,(H,35,41)(H,36,40)(H,37,42)(H,38,39)(H,43,44)(H4,31,32,34)/t18-,19-,20-,21-,22-,23-/m0/s1. The molecule has 1 fully saturated rings. The third-order valence-corrected chi connectivity index (χ3v) is 7.65. The summed E-state index contributed by atoms with van der Waals surface area (Å²) in [6.07, 6.45) is 4.18. The summed E-state index contributed by atoms with van der Waals surface area (Å²) in [6.45, 7) is 8.90. The van der Waals surface area contributed by atoms with E-state index in [1.165, 1.54) is 0 Å². The Balaban J connectivity index is 3.07. The molecule has 44 heavy (non-hydrogen) atoms. The number of amides is 4. The van der Waals surface area contributed by atoms with Crippen LogP contribution in [0.25, 0.3) is 0 Å². The third-order valence-electron chi connectivity index (χ3n) is 7.65. The van der Waals surface area contributed by atoms with Gasteiger partial charge >= 0.3 is 5.97 Å². The first-order valence-corrected chi connectivity index (χ1v) is 15.7. The minimum Gasteiger partial charge on any atom is -0.480 e. The number of guanidine groups is 1. The molecule has 0 radical (unpaired) electrons. The van der Waals surface area contributed by atoms with Crippen molar-refractivity contribution in [3.63, 3.8) is 0 Å². The predicted molar refractivity (Wildman–Crippen MR) is 168 cm³/mol. The highest BCUT2D eigenvalue weighted by Crippen LogP contribution is 2.13. The van der Waals surface area contributed by atoms with Crippen molar-refractivity contribution in [3.05, 3.63) is 0 Å². The zero-order chi connectivity index (χ0) is 33.2. The number of carboxylic acid groups (broad SMARTS) is 1. The molecule has 0 unspecified atom stereocenters. The van der Waals surface area contributed by atoms with Gasteiger partial charge in [-0.1, -0.05) is 34.1 Å². The Kier molecular flexibility index (Phi) is 18.0. The second kappa shape index (κ2) is 20.5. The highest BCUT2D eigenvalue weighted by molar-refractivity contribution is 5.95. The average Bonchev–Trinajstić information content (AvgIpc) is 3.50. The van der Waals surface area contributed by atoms with Crippen LogP contribution in [-0.4, -0.2) is 90.5 Å². The molecule has 1 aliphatic rings. The van der Waals surface area contributed by atoms with E-state index in [-0.39, 0.29) is 55.6 Å². The number of nitrogens with two attached hydrogens (primary N) is 3. The van der Waals surface area contributed by atoms with Gasteiger partial charge in [0.2, 0.25) is 23.6 Å². The number of aliphatic carboxylic acids is 1. The number of carboxylic acids is 1. The van der Waals surface area contributed by atoms with E-state index in [9.17, 15) is 29.1 Å². The highest BCUT2D eigenvalue weighted by atomic mass is 16.4. The third kappa shape index (κ3) is 14.3. The minimum absolute atomic E-state index is 0.0107. The molecule has 252 valence electrons. The van der Waals surface area contributed by atoms with Gasteiger partial charge in [-0.15, -0.1) is 0 Å². The number of hydrogen-bond donors (Lipinski definition) is 9. The second-order valence-corrected chi connectivity index (χ2v) is 11.9. The van der Waals surface area contributed by atoms with E-state index >= 15 is 0 Å². The Bertz CT molecular complexity index is 967. The van der Waals surface area contributed by atoms with E-state index in [0.717, 1.165) is 13.0 Å². The van der Waals surface area contributed by atoms with E-state index < -0.39 is 47.9 Å². The van der Waals surface area contributed by atoms with Crippen molar-refractivity contribution in [3.8, 4) is 0 Å². The molecule has 1 aliphatic heterocycles. The molecule has 6 atom stereocenters. The molecule has 0 aromatic carbocycles. The van der Waals surface area contributed by atoms with E-state index in [2.05, 4.69) is 31.6 Å². The van der Waals surface area contributed by atoms with Crippen LogP contribution < -0.4 is 43.8 Å². The van der Waals surface area contributed by atoms with E-state index in [1.807, 2.05) is 27.7 Å². The van der Waals surface area contributed by atoms with Gasteiger partial charge in [-0.2, -0.15) is 0 Å². The maximum absolute atomic E-state index is 13.6. The first kappa shape index (κ1) is 38.6. The molecule has 4 amide bonds. The first-order valence-electron chi connectivity index (χ1n) is 15.7. The van der Waals surface area contributed by atoms with Gasteiger partial charge in [-0.05, 0) is 76.3 Å². The van der Waals surface area contributed by atoms with Gasteiger partial charge in [0.25, 0.3) is 0 Å². The van der Waals surface area contributed by atoms with Crippen molar-refractivity contribution in [2.75, 3.05) is 19.6 Å². The number of aliphatic imine (C=N–C) groups is 1. The molecule has 15 nitrogen and oxygen atoms in total. The van der Waals surface area contributed by atoms with Gasteiger partial charge in [-0.3, -0.25) is 24.2 Å². The van der Waals surface area contributed by atoms with Crippen LogP contribution in [0.3, 0.4) is 0 Å². The zero-order valence-corrected chi connectivity index (χ0v) is 26.7. The van der Waals surface area contributed by atoms with Gasteiger partial charge in [0.1, 0.15) is 24.2 Å². The molecule has 1 rings (SSSR count). The summed E-state index contributed by atoms with van der Waals surface area (Å²) < 4.78 is 0. The molecule has 0 spiro atoms. The lowest BCUT2D eigenvalue weighted by atomic mass is 9.96. The van der Waals surface area contributed by atoms with Crippen LogP contribution in [0.1, 0.15) is 85.5 Å². The molecule has 1 saturated heterocycles. The molecule has 0 aliphatic carbocycles. The topological polar surface area (TPSA) is 256 Å². The molecule has 0 saturated carbocycles. The number of unbranched alkanes of at least 4 members (excludes halogenated alkanes) is 1. The average molecular weight is 626 g/mol. The van der Waals surface area contributed by atoms with Crippen LogP contribution in [0.2, 0.25) is 0 Å². The summed E-state index contributed by atoms with van der Waals surface area (Å²) in [5.74, 6) is -3.51. The van der Waals surface area contributed by atoms with Crippen molar-refractivity contribution in [1.82, 2.24) is 26.6 Å². The summed E-state index contributed by atoms with van der Waals surface area (Å²) in [6, 6.07) is -4.48. The summed E-state index contributed by atoms with van der Waals surface area (Å²) in [4.78, 5) is 68.8. The summed E-state index contributed by atoms with van der Waals surface area (Å²) in [7, 11) is 0. The van der Waals surface area contributed by atoms with Crippen LogP contribution in [0.5, 0.6) is 0 Å². The predicted octanol–water partition coefficient (Wildman–Crippen LogP) is -0.963. The quantitative estimate of drug-likeness (QED) is 0.0429. The summed E-state index contributed by atoms with van der Waals surface area (Å²) in [5, 5.41) is 23.7. The van der Waals surface area contributed by atoms with E-state index in [4.69, 9.17) is 17.2 Å². The van der Waals surface area contributed by atoms with Gasteiger partial charge in [-0.25, -0.2) is 4.79 Å². The van der Waals surface area contributed by atoms with E-state index in [0.29, 0.717) is 38.6 Å². The minimum atomic E-state index is -1.23. The fourth-order valence-electron chi connectivity index (χ4n) is 4.90. The Labute approximate surface area is 260 Å². The van der Waals surface area contributed by atoms with Crippen LogP contribution >= 0.6 is 0 Å².